The number of cyclic esters (lactones) is 1. The van der Waals surface area contributed by atoms with Crippen LogP contribution >= 0.6 is 0 Å². The van der Waals surface area contributed by atoms with E-state index in [1.807, 2.05) is 13.8 Å². The number of ether oxygens (including phenoxy) is 1. The van der Waals surface area contributed by atoms with Crippen molar-refractivity contribution in [3.8, 4) is 0 Å². The molecule has 200 valence electrons. The van der Waals surface area contributed by atoms with Gasteiger partial charge in [-0.25, -0.2) is 4.98 Å². The first kappa shape index (κ1) is 28.3. The number of carbonyl (C=O) groups is 2. The number of esters is 1. The summed E-state index contributed by atoms with van der Waals surface area (Å²) < 4.78 is 11.0. The molecule has 1 saturated carbocycles. The zero-order valence-corrected chi connectivity index (χ0v) is 22.2. The van der Waals surface area contributed by atoms with E-state index >= 15 is 0 Å². The lowest BCUT2D eigenvalue weighted by Gasteiger charge is -2.34. The van der Waals surface area contributed by atoms with Crippen LogP contribution in [0.2, 0.25) is 0 Å². The Morgan fingerprint density at radius 3 is 2.56 bits per heavy atom. The Hall–Kier alpha value is -2.29. The molecule has 7 atom stereocenters. The zero-order valence-electron chi connectivity index (χ0n) is 22.2. The van der Waals surface area contributed by atoms with Crippen molar-refractivity contribution in [1.29, 1.82) is 0 Å². The number of hydrogen-bond donors (Lipinski definition) is 3. The maximum Gasteiger partial charge on any atom is 0.309 e. The van der Waals surface area contributed by atoms with Crippen molar-refractivity contribution in [2.24, 2.45) is 29.1 Å². The van der Waals surface area contributed by atoms with Crippen LogP contribution in [-0.2, 0) is 20.9 Å². The molecule has 0 saturated heterocycles. The summed E-state index contributed by atoms with van der Waals surface area (Å²) in [6, 6.07) is 0. The molecule has 8 nitrogen and oxygen atoms in total. The zero-order chi connectivity index (χ0) is 26.8. The van der Waals surface area contributed by atoms with Gasteiger partial charge < -0.3 is 24.5 Å². The van der Waals surface area contributed by atoms with Gasteiger partial charge in [-0.15, -0.1) is 0 Å². The summed E-state index contributed by atoms with van der Waals surface area (Å²) in [6.45, 7) is 10.5. The van der Waals surface area contributed by atoms with E-state index < -0.39 is 35.6 Å². The maximum atomic E-state index is 13.3. The first-order chi connectivity index (χ1) is 16.8. The van der Waals surface area contributed by atoms with Crippen molar-refractivity contribution in [3.05, 3.63) is 35.1 Å². The van der Waals surface area contributed by atoms with Gasteiger partial charge in [0.1, 0.15) is 30.5 Å². The number of aliphatic hydroxyl groups is 3. The number of aromatic nitrogens is 1. The smallest absolute Gasteiger partial charge is 0.309 e. The molecule has 3 N–H and O–H groups in total. The molecule has 2 aliphatic rings. The molecule has 1 aromatic heterocycles. The maximum absolute atomic E-state index is 13.3. The lowest BCUT2D eigenvalue weighted by Crippen LogP contribution is -2.46. The number of rotatable bonds is 3. The lowest BCUT2D eigenvalue weighted by molar-refractivity contribution is -0.154. The Labute approximate surface area is 213 Å². The monoisotopic (exact) mass is 503 g/mol. The van der Waals surface area contributed by atoms with Gasteiger partial charge in [-0.3, -0.25) is 9.59 Å². The third-order valence-electron chi connectivity index (χ3n) is 8.07. The molecule has 3 rings (SSSR count). The van der Waals surface area contributed by atoms with E-state index in [0.717, 1.165) is 18.4 Å². The van der Waals surface area contributed by atoms with Crippen molar-refractivity contribution in [2.75, 3.05) is 0 Å². The number of aliphatic hydroxyl groups excluding tert-OH is 3. The van der Waals surface area contributed by atoms with Crippen molar-refractivity contribution < 1.29 is 34.1 Å². The third kappa shape index (κ3) is 6.52. The average Bonchev–Trinajstić information content (AvgIpc) is 3.44. The van der Waals surface area contributed by atoms with Gasteiger partial charge in [-0.1, -0.05) is 39.3 Å². The number of ketones is 1. The first-order valence-electron chi connectivity index (χ1n) is 12.8. The van der Waals surface area contributed by atoms with E-state index in [0.29, 0.717) is 24.0 Å². The number of nitrogens with zero attached hydrogens (tertiary/aromatic N) is 1. The minimum absolute atomic E-state index is 0.0308. The molecule has 2 heterocycles. The SMILES string of the molecule is C/C1=C/C[C@@H](/C(C)=C/c2coc(CO)n2)OC(=O)C[C@H](O)C(C)(C)C(=O)[C@H](C)[C@@H](O)[C@@H](C)C2CC2C1. The topological polar surface area (TPSA) is 130 Å². The largest absolute Gasteiger partial charge is 0.457 e. The van der Waals surface area contributed by atoms with Crippen LogP contribution in [0.1, 0.15) is 78.8 Å². The number of carbonyl (C=O) groups excluding carboxylic acids is 2. The molecule has 0 spiro atoms. The molecule has 1 fully saturated rings. The van der Waals surface area contributed by atoms with Crippen LogP contribution in [0.4, 0.5) is 0 Å². The van der Waals surface area contributed by atoms with E-state index in [9.17, 15) is 24.9 Å². The highest BCUT2D eigenvalue weighted by molar-refractivity contribution is 5.88. The Morgan fingerprint density at radius 2 is 1.92 bits per heavy atom. The summed E-state index contributed by atoms with van der Waals surface area (Å²) in [5.41, 5.74) is 1.21. The fourth-order valence-corrected chi connectivity index (χ4v) is 5.31. The van der Waals surface area contributed by atoms with Gasteiger partial charge in [0.15, 0.2) is 0 Å². The standard InChI is InChI=1S/C28H41NO7/c1-15-7-8-22(16(2)10-20-14-35-24(13-30)29-20)36-25(32)12-23(31)28(5,6)27(34)18(4)26(33)17(3)21-11-19(21)9-15/h7,10,14,17-19,21-23,26,30-31,33H,8-9,11-13H2,1-6H3/b15-7-,16-10+/t17-,18+,19?,21?,22-,23-,26-/m0/s1. The summed E-state index contributed by atoms with van der Waals surface area (Å²) in [4.78, 5) is 30.3. The van der Waals surface area contributed by atoms with Crippen LogP contribution in [0.5, 0.6) is 0 Å². The summed E-state index contributed by atoms with van der Waals surface area (Å²) in [5.74, 6) is -0.568. The van der Waals surface area contributed by atoms with E-state index in [4.69, 9.17) is 9.15 Å². The Bertz CT molecular complexity index is 1010. The third-order valence-corrected chi connectivity index (χ3v) is 8.07. The van der Waals surface area contributed by atoms with Crippen LogP contribution in [0, 0.1) is 29.1 Å². The highest BCUT2D eigenvalue weighted by Gasteiger charge is 2.47. The van der Waals surface area contributed by atoms with Crippen LogP contribution < -0.4 is 0 Å². The first-order valence-corrected chi connectivity index (χ1v) is 12.8. The number of fused-ring (bicyclic) bond motifs is 1. The number of hydrogen-bond acceptors (Lipinski definition) is 8. The van der Waals surface area contributed by atoms with E-state index in [1.165, 1.54) is 11.8 Å². The minimum Gasteiger partial charge on any atom is -0.457 e. The molecule has 1 aliphatic heterocycles. The van der Waals surface area contributed by atoms with Crippen molar-refractivity contribution in [1.82, 2.24) is 4.98 Å². The van der Waals surface area contributed by atoms with Crippen molar-refractivity contribution in [3.63, 3.8) is 0 Å². The van der Waals surface area contributed by atoms with Crippen molar-refractivity contribution >= 4 is 17.8 Å². The van der Waals surface area contributed by atoms with E-state index in [1.54, 1.807) is 26.8 Å². The summed E-state index contributed by atoms with van der Waals surface area (Å²) in [6.07, 6.45) is 4.61. The number of allylic oxidation sites excluding steroid dienone is 1. The van der Waals surface area contributed by atoms with Gasteiger partial charge in [0, 0.05) is 12.3 Å². The second kappa shape index (κ2) is 11.4. The number of Topliss-reactive ketones (excluding diaryl/α,β-unsaturated/α-hetero) is 1. The molecule has 0 aromatic carbocycles. The lowest BCUT2D eigenvalue weighted by atomic mass is 9.72. The Balaban J connectivity index is 1.88. The van der Waals surface area contributed by atoms with Crippen LogP contribution in [0.25, 0.3) is 6.08 Å². The summed E-state index contributed by atoms with van der Waals surface area (Å²) >= 11 is 0. The molecule has 0 bridgehead atoms. The Kier molecular flexibility index (Phi) is 8.96. The predicted octanol–water partition coefficient (Wildman–Crippen LogP) is 3.84. The normalized spacial score (nSPS) is 36.0. The fraction of sp³-hybridized carbons (Fsp3) is 0.679. The quantitative estimate of drug-likeness (QED) is 0.419. The molecule has 0 radical (unpaired) electrons. The van der Waals surface area contributed by atoms with Crippen LogP contribution in [-0.4, -0.2) is 50.4 Å². The van der Waals surface area contributed by atoms with Gasteiger partial charge in [0.05, 0.1) is 24.0 Å². The second-order valence-corrected chi connectivity index (χ2v) is 11.3. The van der Waals surface area contributed by atoms with Gasteiger partial charge in [0.2, 0.25) is 5.89 Å². The van der Waals surface area contributed by atoms with Gasteiger partial charge in [-0.05, 0) is 56.1 Å². The molecular formula is C28H41NO7. The molecule has 8 heteroatoms. The minimum atomic E-state index is -1.26. The van der Waals surface area contributed by atoms with Crippen molar-refractivity contribution in [2.45, 2.75) is 92.1 Å². The predicted molar refractivity (Wildman–Crippen MR) is 134 cm³/mol. The van der Waals surface area contributed by atoms with Crippen LogP contribution in [0.15, 0.2) is 27.9 Å². The second-order valence-electron chi connectivity index (χ2n) is 11.3. The summed E-state index contributed by atoms with van der Waals surface area (Å²) in [5, 5.41) is 31.0. The van der Waals surface area contributed by atoms with Gasteiger partial charge >= 0.3 is 5.97 Å². The summed E-state index contributed by atoms with van der Waals surface area (Å²) in [7, 11) is 0. The van der Waals surface area contributed by atoms with E-state index in [-0.39, 0.29) is 30.6 Å². The number of oxazole rings is 1. The van der Waals surface area contributed by atoms with Gasteiger partial charge in [-0.2, -0.15) is 0 Å². The average molecular weight is 504 g/mol. The molecule has 1 aromatic rings. The van der Waals surface area contributed by atoms with Gasteiger partial charge in [0.25, 0.3) is 0 Å². The Morgan fingerprint density at radius 1 is 1.22 bits per heavy atom. The highest BCUT2D eigenvalue weighted by atomic mass is 16.5. The van der Waals surface area contributed by atoms with E-state index in [2.05, 4.69) is 18.0 Å². The van der Waals surface area contributed by atoms with Crippen LogP contribution in [0.3, 0.4) is 0 Å². The molecule has 1 aliphatic carbocycles. The fourth-order valence-electron chi connectivity index (χ4n) is 5.31. The highest BCUT2D eigenvalue weighted by Crippen LogP contribution is 2.50. The molecule has 0 amide bonds. The molecule has 36 heavy (non-hydrogen) atoms. The molecule has 2 unspecified atom stereocenters. The molecular weight excluding hydrogens is 462 g/mol.